The highest BCUT2D eigenvalue weighted by molar-refractivity contribution is 5.91. The summed E-state index contributed by atoms with van der Waals surface area (Å²) in [4.78, 5) is 22.9. The molecule has 1 unspecified atom stereocenters. The first-order chi connectivity index (χ1) is 10.5. The lowest BCUT2D eigenvalue weighted by atomic mass is 9.96. The van der Waals surface area contributed by atoms with E-state index in [1.165, 1.54) is 7.11 Å². The Hall–Kier alpha value is -2.04. The quantitative estimate of drug-likeness (QED) is 0.709. The van der Waals surface area contributed by atoms with Gasteiger partial charge in [-0.15, -0.1) is 0 Å². The summed E-state index contributed by atoms with van der Waals surface area (Å²) in [5.74, 6) is -0.881. The van der Waals surface area contributed by atoms with Gasteiger partial charge in [0, 0.05) is 0 Å². The Morgan fingerprint density at radius 2 is 2.00 bits per heavy atom. The molecule has 1 N–H and O–H groups in total. The van der Waals surface area contributed by atoms with E-state index in [0.29, 0.717) is 12.4 Å². The second-order valence-corrected chi connectivity index (χ2v) is 5.09. The molecule has 0 spiro atoms. The molecule has 0 saturated carbocycles. The fraction of sp³-hybridized carbons (Fsp3) is 0.529. The Morgan fingerprint density at radius 1 is 1.27 bits per heavy atom. The number of ether oxygens (including phenoxy) is 2. The van der Waals surface area contributed by atoms with Gasteiger partial charge in [0.25, 0.3) is 0 Å². The first-order valence-electron chi connectivity index (χ1n) is 7.60. The van der Waals surface area contributed by atoms with Crippen LogP contribution in [-0.4, -0.2) is 30.8 Å². The second kappa shape index (κ2) is 9.07. The first-order valence-corrected chi connectivity index (χ1v) is 7.60. The van der Waals surface area contributed by atoms with E-state index in [4.69, 9.17) is 14.6 Å². The molecule has 0 aromatic heterocycles. The monoisotopic (exact) mass is 308 g/mol. The molecule has 1 atom stereocenters. The van der Waals surface area contributed by atoms with Crippen molar-refractivity contribution in [1.29, 1.82) is 0 Å². The second-order valence-electron chi connectivity index (χ2n) is 5.09. The van der Waals surface area contributed by atoms with Gasteiger partial charge in [-0.3, -0.25) is 4.79 Å². The molecule has 0 heterocycles. The summed E-state index contributed by atoms with van der Waals surface area (Å²) in [6, 6.07) is 5.16. The van der Waals surface area contributed by atoms with Gasteiger partial charge in [-0.1, -0.05) is 13.0 Å². The molecule has 0 radical (unpaired) electrons. The van der Waals surface area contributed by atoms with Crippen LogP contribution < -0.4 is 4.74 Å². The maximum absolute atomic E-state index is 11.7. The van der Waals surface area contributed by atoms with Gasteiger partial charge in [0.1, 0.15) is 11.3 Å². The van der Waals surface area contributed by atoms with Crippen LogP contribution >= 0.6 is 0 Å². The molecule has 0 aliphatic carbocycles. The number of esters is 1. The molecular weight excluding hydrogens is 284 g/mol. The number of benzene rings is 1. The lowest BCUT2D eigenvalue weighted by Gasteiger charge is -2.13. The molecule has 0 aliphatic heterocycles. The summed E-state index contributed by atoms with van der Waals surface area (Å²) in [6.45, 7) is 4.17. The predicted molar refractivity (Wildman–Crippen MR) is 83.3 cm³/mol. The number of carboxylic acid groups (broad SMARTS) is 1. The lowest BCUT2D eigenvalue weighted by molar-refractivity contribution is -0.148. The van der Waals surface area contributed by atoms with Gasteiger partial charge in [-0.2, -0.15) is 0 Å². The van der Waals surface area contributed by atoms with Crippen LogP contribution in [0.3, 0.4) is 0 Å². The van der Waals surface area contributed by atoms with Crippen LogP contribution in [0.25, 0.3) is 0 Å². The standard InChI is InChI=1S/C17H24O5/c1-4-13(17(20)22-5-2)8-6-7-12-9-10-15(21-3)14(11-12)16(18)19/h9-11,13H,4-8H2,1-3H3,(H,18,19). The Morgan fingerprint density at radius 3 is 2.55 bits per heavy atom. The topological polar surface area (TPSA) is 72.8 Å². The molecule has 0 aliphatic rings. The largest absolute Gasteiger partial charge is 0.496 e. The number of rotatable bonds is 9. The molecule has 0 bridgehead atoms. The van der Waals surface area contributed by atoms with Gasteiger partial charge in [0.15, 0.2) is 0 Å². The number of carbonyl (C=O) groups is 2. The average Bonchev–Trinajstić information content (AvgIpc) is 2.51. The Labute approximate surface area is 131 Å². The molecule has 1 rings (SSSR count). The number of aromatic carboxylic acids is 1. The highest BCUT2D eigenvalue weighted by Gasteiger charge is 2.17. The van der Waals surface area contributed by atoms with Crippen LogP contribution in [0, 0.1) is 5.92 Å². The summed E-state index contributed by atoms with van der Waals surface area (Å²) >= 11 is 0. The van der Waals surface area contributed by atoms with E-state index in [1.807, 2.05) is 13.0 Å². The van der Waals surface area contributed by atoms with E-state index in [0.717, 1.165) is 31.2 Å². The summed E-state index contributed by atoms with van der Waals surface area (Å²) < 4.78 is 10.1. The SMILES string of the molecule is CCOC(=O)C(CC)CCCc1ccc(OC)c(C(=O)O)c1. The third kappa shape index (κ3) is 5.06. The Balaban J connectivity index is 2.62. The zero-order valence-electron chi connectivity index (χ0n) is 13.4. The van der Waals surface area contributed by atoms with Crippen molar-refractivity contribution in [2.75, 3.05) is 13.7 Å². The zero-order valence-corrected chi connectivity index (χ0v) is 13.4. The van der Waals surface area contributed by atoms with E-state index in [-0.39, 0.29) is 17.5 Å². The van der Waals surface area contributed by atoms with Gasteiger partial charge < -0.3 is 14.6 Å². The van der Waals surface area contributed by atoms with Crippen LogP contribution in [0.4, 0.5) is 0 Å². The van der Waals surface area contributed by atoms with Crippen LogP contribution in [0.1, 0.15) is 49.0 Å². The fourth-order valence-electron chi connectivity index (χ4n) is 2.38. The molecule has 0 fully saturated rings. The van der Waals surface area contributed by atoms with Gasteiger partial charge in [0.2, 0.25) is 0 Å². The first kappa shape index (κ1) is 18.0. The number of methoxy groups -OCH3 is 1. The van der Waals surface area contributed by atoms with Gasteiger partial charge in [0.05, 0.1) is 19.6 Å². The van der Waals surface area contributed by atoms with Crippen molar-refractivity contribution in [3.63, 3.8) is 0 Å². The van der Waals surface area contributed by atoms with Crippen molar-refractivity contribution >= 4 is 11.9 Å². The number of carboxylic acids is 1. The number of aryl methyl sites for hydroxylation is 1. The minimum absolute atomic E-state index is 0.0860. The maximum atomic E-state index is 11.7. The number of hydrogen-bond donors (Lipinski definition) is 1. The number of carbonyl (C=O) groups excluding carboxylic acids is 1. The minimum atomic E-state index is -1.00. The van der Waals surface area contributed by atoms with Crippen molar-refractivity contribution in [1.82, 2.24) is 0 Å². The van der Waals surface area contributed by atoms with Gasteiger partial charge in [-0.25, -0.2) is 4.79 Å². The van der Waals surface area contributed by atoms with Crippen molar-refractivity contribution in [3.05, 3.63) is 29.3 Å². The molecule has 122 valence electrons. The molecule has 5 heteroatoms. The predicted octanol–water partition coefficient (Wildman–Crippen LogP) is 3.31. The van der Waals surface area contributed by atoms with Crippen LogP contribution in [0.5, 0.6) is 5.75 Å². The Kier molecular flexibility index (Phi) is 7.43. The molecule has 1 aromatic carbocycles. The zero-order chi connectivity index (χ0) is 16.5. The molecule has 5 nitrogen and oxygen atoms in total. The molecule has 0 saturated heterocycles. The summed E-state index contributed by atoms with van der Waals surface area (Å²) in [6.07, 6.45) is 3.02. The van der Waals surface area contributed by atoms with Crippen molar-refractivity contribution in [2.24, 2.45) is 5.92 Å². The van der Waals surface area contributed by atoms with Crippen molar-refractivity contribution < 1.29 is 24.2 Å². The van der Waals surface area contributed by atoms with E-state index < -0.39 is 5.97 Å². The van der Waals surface area contributed by atoms with Crippen LogP contribution in [-0.2, 0) is 16.0 Å². The molecular formula is C17H24O5. The summed E-state index contributed by atoms with van der Waals surface area (Å²) in [5.41, 5.74) is 1.09. The fourth-order valence-corrected chi connectivity index (χ4v) is 2.38. The van der Waals surface area contributed by atoms with E-state index in [2.05, 4.69) is 0 Å². The van der Waals surface area contributed by atoms with Gasteiger partial charge >= 0.3 is 11.9 Å². The normalized spacial score (nSPS) is 11.8. The van der Waals surface area contributed by atoms with Crippen LogP contribution in [0.2, 0.25) is 0 Å². The number of hydrogen-bond acceptors (Lipinski definition) is 4. The van der Waals surface area contributed by atoms with E-state index in [9.17, 15) is 9.59 Å². The molecule has 1 aromatic rings. The average molecular weight is 308 g/mol. The highest BCUT2D eigenvalue weighted by atomic mass is 16.5. The van der Waals surface area contributed by atoms with Crippen LogP contribution in [0.15, 0.2) is 18.2 Å². The van der Waals surface area contributed by atoms with E-state index in [1.54, 1.807) is 19.1 Å². The summed E-state index contributed by atoms with van der Waals surface area (Å²) in [5, 5.41) is 9.16. The van der Waals surface area contributed by atoms with Crippen molar-refractivity contribution in [3.8, 4) is 5.75 Å². The third-order valence-corrected chi connectivity index (χ3v) is 3.63. The maximum Gasteiger partial charge on any atom is 0.339 e. The molecule has 22 heavy (non-hydrogen) atoms. The van der Waals surface area contributed by atoms with Gasteiger partial charge in [-0.05, 0) is 50.3 Å². The Bertz CT molecular complexity index is 510. The minimum Gasteiger partial charge on any atom is -0.496 e. The summed E-state index contributed by atoms with van der Waals surface area (Å²) in [7, 11) is 1.45. The highest BCUT2D eigenvalue weighted by Crippen LogP contribution is 2.22. The molecule has 0 amide bonds. The van der Waals surface area contributed by atoms with E-state index >= 15 is 0 Å². The lowest BCUT2D eigenvalue weighted by Crippen LogP contribution is -2.17. The van der Waals surface area contributed by atoms with Crippen molar-refractivity contribution in [2.45, 2.75) is 39.5 Å². The smallest absolute Gasteiger partial charge is 0.339 e. The third-order valence-electron chi connectivity index (χ3n) is 3.63.